The third-order valence-corrected chi connectivity index (χ3v) is 3.32. The van der Waals surface area contributed by atoms with Crippen molar-refractivity contribution >= 4 is 0 Å². The number of pyridine rings is 1. The molecule has 0 aromatic carbocycles. The molecule has 2 rings (SSSR count). The van der Waals surface area contributed by atoms with Crippen molar-refractivity contribution in [2.24, 2.45) is 5.73 Å². The molecular weight excluding hydrogens is 202 g/mol. The van der Waals surface area contributed by atoms with Gasteiger partial charge in [0.05, 0.1) is 0 Å². The summed E-state index contributed by atoms with van der Waals surface area (Å²) < 4.78 is 0. The van der Waals surface area contributed by atoms with Gasteiger partial charge < -0.3 is 15.6 Å². The minimum absolute atomic E-state index is 0.0598. The van der Waals surface area contributed by atoms with Crippen LogP contribution in [-0.2, 0) is 6.54 Å². The van der Waals surface area contributed by atoms with Gasteiger partial charge >= 0.3 is 0 Å². The van der Waals surface area contributed by atoms with Crippen LogP contribution in [0.25, 0.3) is 0 Å². The van der Waals surface area contributed by atoms with Crippen LogP contribution in [-0.4, -0.2) is 30.0 Å². The number of nitrogens with one attached hydrogen (secondary N) is 1. The van der Waals surface area contributed by atoms with Crippen molar-refractivity contribution in [2.45, 2.75) is 25.3 Å². The summed E-state index contributed by atoms with van der Waals surface area (Å²) in [6.07, 6.45) is 4.25. The van der Waals surface area contributed by atoms with Gasteiger partial charge in [-0.1, -0.05) is 0 Å². The maximum atomic E-state index is 11.4. The second kappa shape index (κ2) is 4.80. The minimum atomic E-state index is -0.0598. The standard InChI is InChI=1S/C12H19N3O/c1-15-4-2-3-9(8-15)11-5-10(6-13)12(16)14-7-11/h5,7,9H,2-4,6,8,13H2,1H3,(H,14,16). The molecule has 0 bridgehead atoms. The SMILES string of the molecule is CN1CCCC(c2c[nH]c(=O)c(CN)c2)C1. The van der Waals surface area contributed by atoms with Crippen LogP contribution in [0.5, 0.6) is 0 Å². The minimum Gasteiger partial charge on any atom is -0.329 e. The Bertz CT molecular complexity index is 413. The highest BCUT2D eigenvalue weighted by Crippen LogP contribution is 2.25. The molecule has 88 valence electrons. The van der Waals surface area contributed by atoms with Gasteiger partial charge in [-0.3, -0.25) is 4.79 Å². The second-order valence-electron chi connectivity index (χ2n) is 4.59. The maximum absolute atomic E-state index is 11.4. The van der Waals surface area contributed by atoms with E-state index in [-0.39, 0.29) is 5.56 Å². The number of hydrogen-bond acceptors (Lipinski definition) is 3. The number of nitrogens with two attached hydrogens (primary N) is 1. The second-order valence-corrected chi connectivity index (χ2v) is 4.59. The van der Waals surface area contributed by atoms with Crippen molar-refractivity contribution in [3.8, 4) is 0 Å². The summed E-state index contributed by atoms with van der Waals surface area (Å²) in [5, 5.41) is 0. The Morgan fingerprint density at radius 2 is 2.44 bits per heavy atom. The summed E-state index contributed by atoms with van der Waals surface area (Å²) in [7, 11) is 2.14. The molecular formula is C12H19N3O. The smallest absolute Gasteiger partial charge is 0.252 e. The number of nitrogens with zero attached hydrogens (tertiary/aromatic N) is 1. The highest BCUT2D eigenvalue weighted by Gasteiger charge is 2.19. The number of aromatic nitrogens is 1. The number of H-pyrrole nitrogens is 1. The number of rotatable bonds is 2. The van der Waals surface area contributed by atoms with Crippen LogP contribution < -0.4 is 11.3 Å². The van der Waals surface area contributed by atoms with Gasteiger partial charge in [-0.05, 0) is 44.0 Å². The number of likely N-dealkylation sites (tertiary alicyclic amines) is 1. The van der Waals surface area contributed by atoms with Crippen LogP contribution >= 0.6 is 0 Å². The lowest BCUT2D eigenvalue weighted by molar-refractivity contribution is 0.250. The van der Waals surface area contributed by atoms with Crippen LogP contribution in [0.4, 0.5) is 0 Å². The molecule has 1 aliphatic heterocycles. The normalized spacial score (nSPS) is 22.2. The van der Waals surface area contributed by atoms with E-state index in [0.717, 1.165) is 6.54 Å². The van der Waals surface area contributed by atoms with Gasteiger partial charge in [-0.2, -0.15) is 0 Å². The van der Waals surface area contributed by atoms with Gasteiger partial charge in [0, 0.05) is 24.8 Å². The first-order valence-electron chi connectivity index (χ1n) is 5.81. The molecule has 0 spiro atoms. The zero-order valence-electron chi connectivity index (χ0n) is 9.70. The van der Waals surface area contributed by atoms with Gasteiger partial charge in [-0.25, -0.2) is 0 Å². The van der Waals surface area contributed by atoms with E-state index < -0.39 is 0 Å². The molecule has 1 fully saturated rings. The van der Waals surface area contributed by atoms with Gasteiger partial charge in [0.15, 0.2) is 0 Å². The largest absolute Gasteiger partial charge is 0.329 e. The van der Waals surface area contributed by atoms with Gasteiger partial charge in [-0.15, -0.1) is 0 Å². The number of piperidine rings is 1. The van der Waals surface area contributed by atoms with Gasteiger partial charge in [0.25, 0.3) is 5.56 Å². The molecule has 1 saturated heterocycles. The molecule has 3 N–H and O–H groups in total. The monoisotopic (exact) mass is 221 g/mol. The molecule has 0 aliphatic carbocycles. The van der Waals surface area contributed by atoms with Crippen molar-refractivity contribution in [3.05, 3.63) is 33.7 Å². The van der Waals surface area contributed by atoms with Gasteiger partial charge in [0.1, 0.15) is 0 Å². The molecule has 16 heavy (non-hydrogen) atoms. The average molecular weight is 221 g/mol. The summed E-state index contributed by atoms with van der Waals surface area (Å²) in [6.45, 7) is 2.55. The predicted molar refractivity (Wildman–Crippen MR) is 64.4 cm³/mol. The Hall–Kier alpha value is -1.13. The highest BCUT2D eigenvalue weighted by molar-refractivity contribution is 5.22. The van der Waals surface area contributed by atoms with E-state index in [0.29, 0.717) is 18.0 Å². The molecule has 1 atom stereocenters. The van der Waals surface area contributed by atoms with Crippen molar-refractivity contribution < 1.29 is 0 Å². The fourth-order valence-corrected chi connectivity index (χ4v) is 2.38. The summed E-state index contributed by atoms with van der Waals surface area (Å²) in [6, 6.07) is 1.96. The van der Waals surface area contributed by atoms with E-state index >= 15 is 0 Å². The Labute approximate surface area is 95.5 Å². The molecule has 0 amide bonds. The van der Waals surface area contributed by atoms with Crippen LogP contribution in [0.15, 0.2) is 17.1 Å². The fourth-order valence-electron chi connectivity index (χ4n) is 2.38. The van der Waals surface area contributed by atoms with E-state index in [4.69, 9.17) is 5.73 Å². The van der Waals surface area contributed by atoms with Crippen molar-refractivity contribution in [2.75, 3.05) is 20.1 Å². The Morgan fingerprint density at radius 3 is 3.12 bits per heavy atom. The van der Waals surface area contributed by atoms with Crippen molar-refractivity contribution in [1.29, 1.82) is 0 Å². The molecule has 1 aromatic rings. The summed E-state index contributed by atoms with van der Waals surface area (Å²) >= 11 is 0. The zero-order valence-corrected chi connectivity index (χ0v) is 9.70. The Morgan fingerprint density at radius 1 is 1.62 bits per heavy atom. The third kappa shape index (κ3) is 2.33. The number of aromatic amines is 1. The van der Waals surface area contributed by atoms with Crippen LogP contribution in [0.1, 0.15) is 29.9 Å². The average Bonchev–Trinajstić information content (AvgIpc) is 2.29. The van der Waals surface area contributed by atoms with E-state index in [2.05, 4.69) is 16.9 Å². The van der Waals surface area contributed by atoms with Gasteiger partial charge in [0.2, 0.25) is 0 Å². The van der Waals surface area contributed by atoms with Crippen LogP contribution in [0.2, 0.25) is 0 Å². The summed E-state index contributed by atoms with van der Waals surface area (Å²) in [5.41, 5.74) is 7.39. The first kappa shape index (κ1) is 11.4. The van der Waals surface area contributed by atoms with E-state index in [1.165, 1.54) is 24.9 Å². The molecule has 4 nitrogen and oxygen atoms in total. The Kier molecular flexibility index (Phi) is 3.41. The molecule has 0 saturated carbocycles. The lowest BCUT2D eigenvalue weighted by atomic mass is 9.91. The van der Waals surface area contributed by atoms with E-state index in [1.807, 2.05) is 12.3 Å². The molecule has 1 unspecified atom stereocenters. The Balaban J connectivity index is 2.23. The zero-order chi connectivity index (χ0) is 11.5. The quantitative estimate of drug-likeness (QED) is 0.770. The predicted octanol–water partition coefficient (Wildman–Crippen LogP) is 0.643. The first-order chi connectivity index (χ1) is 7.70. The topological polar surface area (TPSA) is 62.1 Å². The number of likely N-dealkylation sites (N-methyl/N-ethyl adjacent to an activating group) is 1. The molecule has 0 radical (unpaired) electrons. The lowest BCUT2D eigenvalue weighted by Gasteiger charge is -2.29. The van der Waals surface area contributed by atoms with Crippen molar-refractivity contribution in [3.63, 3.8) is 0 Å². The molecule has 1 aliphatic rings. The first-order valence-corrected chi connectivity index (χ1v) is 5.81. The number of hydrogen-bond donors (Lipinski definition) is 2. The van der Waals surface area contributed by atoms with Crippen LogP contribution in [0.3, 0.4) is 0 Å². The molecule has 2 heterocycles. The summed E-state index contributed by atoms with van der Waals surface area (Å²) in [5.74, 6) is 0.529. The maximum Gasteiger partial charge on any atom is 0.252 e. The van der Waals surface area contributed by atoms with E-state index in [1.54, 1.807) is 0 Å². The molecule has 4 heteroatoms. The van der Waals surface area contributed by atoms with Crippen LogP contribution in [0, 0.1) is 0 Å². The molecule has 1 aromatic heterocycles. The van der Waals surface area contributed by atoms with Crippen molar-refractivity contribution in [1.82, 2.24) is 9.88 Å². The highest BCUT2D eigenvalue weighted by atomic mass is 16.1. The van der Waals surface area contributed by atoms with E-state index in [9.17, 15) is 4.79 Å². The third-order valence-electron chi connectivity index (χ3n) is 3.32. The summed E-state index contributed by atoms with van der Waals surface area (Å²) in [4.78, 5) is 16.5. The lowest BCUT2D eigenvalue weighted by Crippen LogP contribution is -2.31. The fraction of sp³-hybridized carbons (Fsp3) is 0.583.